The Morgan fingerprint density at radius 1 is 1.24 bits per heavy atom. The van der Waals surface area contributed by atoms with Crippen molar-refractivity contribution in [2.45, 2.75) is 71.5 Å². The fourth-order valence-corrected chi connectivity index (χ4v) is 5.25. The lowest BCUT2D eigenvalue weighted by Crippen LogP contribution is -2.67. The van der Waals surface area contributed by atoms with Crippen LogP contribution in [0.1, 0.15) is 67.9 Å². The van der Waals surface area contributed by atoms with Gasteiger partial charge in [0.15, 0.2) is 0 Å². The summed E-state index contributed by atoms with van der Waals surface area (Å²) in [5.41, 5.74) is 2.44. The van der Waals surface area contributed by atoms with Crippen molar-refractivity contribution in [1.29, 1.82) is 0 Å². The zero-order valence-corrected chi connectivity index (χ0v) is 19.7. The second-order valence-corrected chi connectivity index (χ2v) is 10.2. The van der Waals surface area contributed by atoms with Crippen LogP contribution < -0.4 is 21.3 Å². The molecule has 33 heavy (non-hydrogen) atoms. The molecule has 1 aromatic carbocycles. The van der Waals surface area contributed by atoms with Crippen LogP contribution in [0.5, 0.6) is 0 Å². The second-order valence-electron chi connectivity index (χ2n) is 10.2. The highest BCUT2D eigenvalue weighted by Crippen LogP contribution is 2.43. The fourth-order valence-electron chi connectivity index (χ4n) is 5.25. The van der Waals surface area contributed by atoms with Crippen molar-refractivity contribution in [2.75, 3.05) is 10.6 Å². The lowest BCUT2D eigenvalue weighted by atomic mass is 9.63. The molecule has 2 aromatic rings. The van der Waals surface area contributed by atoms with E-state index in [1.165, 1.54) is 0 Å². The Morgan fingerprint density at radius 3 is 2.73 bits per heavy atom. The van der Waals surface area contributed by atoms with Crippen LogP contribution in [0, 0.1) is 12.3 Å². The first-order chi connectivity index (χ1) is 15.6. The van der Waals surface area contributed by atoms with E-state index in [0.717, 1.165) is 42.5 Å². The summed E-state index contributed by atoms with van der Waals surface area (Å²) in [5, 5.41) is 22.3. The number of amides is 2. The van der Waals surface area contributed by atoms with E-state index < -0.39 is 11.6 Å². The Kier molecular flexibility index (Phi) is 5.95. The third-order valence-electron chi connectivity index (χ3n) is 6.95. The van der Waals surface area contributed by atoms with E-state index in [1.807, 2.05) is 37.3 Å². The number of benzene rings is 1. The monoisotopic (exact) mass is 451 g/mol. The average molecular weight is 452 g/mol. The molecular weight excluding hydrogens is 418 g/mol. The van der Waals surface area contributed by atoms with Gasteiger partial charge in [-0.15, -0.1) is 0 Å². The molecule has 0 spiro atoms. The summed E-state index contributed by atoms with van der Waals surface area (Å²) in [4.78, 5) is 29.1. The lowest BCUT2D eigenvalue weighted by molar-refractivity contribution is 0.0720. The molecule has 1 aliphatic heterocycles. The van der Waals surface area contributed by atoms with E-state index in [0.29, 0.717) is 23.7 Å². The molecule has 8 nitrogen and oxygen atoms in total. The molecule has 176 valence electrons. The molecule has 4 rings (SSSR count). The summed E-state index contributed by atoms with van der Waals surface area (Å²) >= 11 is 0. The zero-order valence-electron chi connectivity index (χ0n) is 19.7. The summed E-state index contributed by atoms with van der Waals surface area (Å²) in [6.45, 7) is 8.68. The van der Waals surface area contributed by atoms with Crippen LogP contribution in [0.3, 0.4) is 0 Å². The van der Waals surface area contributed by atoms with Gasteiger partial charge in [0.25, 0.3) is 5.91 Å². The van der Waals surface area contributed by atoms with Crippen LogP contribution in [0.2, 0.25) is 0 Å². The van der Waals surface area contributed by atoms with Gasteiger partial charge in [-0.05, 0) is 54.5 Å². The third kappa shape index (κ3) is 4.47. The summed E-state index contributed by atoms with van der Waals surface area (Å²) in [6, 6.07) is 9.68. The minimum atomic E-state index is -1.02. The van der Waals surface area contributed by atoms with Crippen molar-refractivity contribution in [3.63, 3.8) is 0 Å². The largest absolute Gasteiger partial charge is 0.465 e. The van der Waals surface area contributed by atoms with Gasteiger partial charge >= 0.3 is 6.09 Å². The molecular formula is C25H33N5O3. The molecule has 2 atom stereocenters. The molecule has 1 aromatic heterocycles. The number of fused-ring (bicyclic) bond motifs is 1. The number of anilines is 3. The van der Waals surface area contributed by atoms with E-state index in [1.54, 1.807) is 0 Å². The molecule has 1 aliphatic carbocycles. The number of nitrogens with zero attached hydrogens (tertiary/aromatic N) is 1. The summed E-state index contributed by atoms with van der Waals surface area (Å²) in [5.74, 6) is 0.987. The highest BCUT2D eigenvalue weighted by atomic mass is 16.4. The Hall–Kier alpha value is -3.29. The highest BCUT2D eigenvalue weighted by molar-refractivity contribution is 6.03. The number of rotatable bonds is 5. The molecule has 5 N–H and O–H groups in total. The van der Waals surface area contributed by atoms with Crippen LogP contribution in [-0.4, -0.2) is 33.7 Å². The zero-order chi connectivity index (χ0) is 23.8. The first-order valence-electron chi connectivity index (χ1n) is 11.5. The van der Waals surface area contributed by atoms with E-state index in [2.05, 4.69) is 42.0 Å². The van der Waals surface area contributed by atoms with Crippen molar-refractivity contribution >= 4 is 29.3 Å². The summed E-state index contributed by atoms with van der Waals surface area (Å²) in [7, 11) is 0. The minimum absolute atomic E-state index is 0.134. The standard InChI is InChI=1S/C25H33N5O3/c1-15-8-7-9-17(12-15)27-21-20-16(14-26-22(20)31)13-19(29-21)28-18-10-5-6-11-25(18,24(2,3)4)30-23(32)33/h7-9,12-13,18,30H,5-6,10-11,14H2,1-4H3,(H,26,31)(H,32,33)(H2,27,28,29). The van der Waals surface area contributed by atoms with Crippen LogP contribution in [0.4, 0.5) is 22.1 Å². The van der Waals surface area contributed by atoms with Crippen LogP contribution in [0.15, 0.2) is 30.3 Å². The topological polar surface area (TPSA) is 115 Å². The summed E-state index contributed by atoms with van der Waals surface area (Å²) < 4.78 is 0. The molecule has 0 radical (unpaired) electrons. The van der Waals surface area contributed by atoms with Crippen LogP contribution in [-0.2, 0) is 6.54 Å². The van der Waals surface area contributed by atoms with Gasteiger partial charge < -0.3 is 26.4 Å². The molecule has 2 amide bonds. The van der Waals surface area contributed by atoms with Crippen molar-refractivity contribution in [3.05, 3.63) is 47.0 Å². The van der Waals surface area contributed by atoms with Crippen molar-refractivity contribution in [1.82, 2.24) is 15.6 Å². The quantitative estimate of drug-likeness (QED) is 0.447. The SMILES string of the molecule is Cc1cccc(Nc2nc(NC3CCCCC3(NC(=O)O)C(C)(C)C)cc3c2C(=O)NC3)c1. The molecule has 0 bridgehead atoms. The van der Waals surface area contributed by atoms with E-state index in [4.69, 9.17) is 4.98 Å². The lowest BCUT2D eigenvalue weighted by Gasteiger charge is -2.52. The normalized spacial score (nSPS) is 22.3. The number of hydrogen-bond acceptors (Lipinski definition) is 5. The Morgan fingerprint density at radius 2 is 2.03 bits per heavy atom. The van der Waals surface area contributed by atoms with Gasteiger partial charge in [0.2, 0.25) is 0 Å². The number of carbonyl (C=O) groups excluding carboxylic acids is 1. The van der Waals surface area contributed by atoms with Crippen molar-refractivity contribution < 1.29 is 14.7 Å². The maximum absolute atomic E-state index is 12.5. The van der Waals surface area contributed by atoms with Crippen LogP contribution in [0.25, 0.3) is 0 Å². The van der Waals surface area contributed by atoms with E-state index in [-0.39, 0.29) is 17.4 Å². The highest BCUT2D eigenvalue weighted by Gasteiger charge is 2.50. The molecule has 1 fully saturated rings. The third-order valence-corrected chi connectivity index (χ3v) is 6.95. The average Bonchev–Trinajstić information content (AvgIpc) is 3.09. The molecule has 2 unspecified atom stereocenters. The predicted octanol–water partition coefficient (Wildman–Crippen LogP) is 4.78. The van der Waals surface area contributed by atoms with Gasteiger partial charge in [0, 0.05) is 12.2 Å². The number of aryl methyl sites for hydroxylation is 1. The van der Waals surface area contributed by atoms with Crippen molar-refractivity contribution in [3.8, 4) is 0 Å². The first-order valence-corrected chi connectivity index (χ1v) is 11.5. The van der Waals surface area contributed by atoms with E-state index >= 15 is 0 Å². The minimum Gasteiger partial charge on any atom is -0.465 e. The number of carboxylic acid groups (broad SMARTS) is 1. The van der Waals surface area contributed by atoms with Gasteiger partial charge in [-0.1, -0.05) is 45.7 Å². The smallest absolute Gasteiger partial charge is 0.405 e. The maximum Gasteiger partial charge on any atom is 0.405 e. The molecule has 1 saturated carbocycles. The number of nitrogens with one attached hydrogen (secondary N) is 4. The molecule has 2 heterocycles. The molecule has 8 heteroatoms. The molecule has 2 aliphatic rings. The Balaban J connectivity index is 1.71. The maximum atomic E-state index is 12.5. The number of pyridine rings is 1. The Bertz CT molecular complexity index is 1080. The first kappa shape index (κ1) is 22.9. The van der Waals surface area contributed by atoms with E-state index in [9.17, 15) is 14.7 Å². The second kappa shape index (κ2) is 8.57. The Labute approximate surface area is 194 Å². The van der Waals surface area contributed by atoms with Gasteiger partial charge in [-0.3, -0.25) is 4.79 Å². The predicted molar refractivity (Wildman–Crippen MR) is 129 cm³/mol. The van der Waals surface area contributed by atoms with Gasteiger partial charge in [0.05, 0.1) is 17.1 Å². The van der Waals surface area contributed by atoms with Gasteiger partial charge in [-0.25, -0.2) is 9.78 Å². The number of aromatic nitrogens is 1. The number of carbonyl (C=O) groups is 2. The fraction of sp³-hybridized carbons (Fsp3) is 0.480. The van der Waals surface area contributed by atoms with Crippen LogP contribution >= 0.6 is 0 Å². The molecule has 0 saturated heterocycles. The number of hydrogen-bond donors (Lipinski definition) is 5. The van der Waals surface area contributed by atoms with Crippen molar-refractivity contribution in [2.24, 2.45) is 5.41 Å². The summed E-state index contributed by atoms with van der Waals surface area (Å²) in [6.07, 6.45) is 2.54. The van der Waals surface area contributed by atoms with Gasteiger partial charge in [-0.2, -0.15) is 0 Å². The van der Waals surface area contributed by atoms with Gasteiger partial charge in [0.1, 0.15) is 11.6 Å².